The Hall–Kier alpha value is -1.79. The van der Waals surface area contributed by atoms with Crippen LogP contribution < -0.4 is 10.9 Å². The number of aromatic nitrogens is 2. The van der Waals surface area contributed by atoms with Gasteiger partial charge < -0.3 is 10.3 Å². The Morgan fingerprint density at radius 2 is 2.19 bits per heavy atom. The number of anilines is 1. The van der Waals surface area contributed by atoms with Crippen LogP contribution in [0, 0.1) is 6.92 Å². The van der Waals surface area contributed by atoms with E-state index in [1.54, 1.807) is 19.1 Å². The molecule has 21 heavy (non-hydrogen) atoms. The third-order valence-electron chi connectivity index (χ3n) is 2.74. The van der Waals surface area contributed by atoms with Gasteiger partial charge in [-0.25, -0.2) is 4.98 Å². The minimum atomic E-state index is -0.407. The minimum absolute atomic E-state index is 0.188. The van der Waals surface area contributed by atoms with E-state index in [0.29, 0.717) is 15.9 Å². The zero-order valence-corrected chi connectivity index (χ0v) is 13.1. The molecule has 0 unspecified atom stereocenters. The summed E-state index contributed by atoms with van der Waals surface area (Å²) in [5, 5.41) is 3.38. The number of nitrogens with zero attached hydrogens (tertiary/aromatic N) is 1. The van der Waals surface area contributed by atoms with Crippen molar-refractivity contribution in [2.45, 2.75) is 24.3 Å². The van der Waals surface area contributed by atoms with Crippen LogP contribution in [0.3, 0.4) is 0 Å². The third kappa shape index (κ3) is 4.34. The van der Waals surface area contributed by atoms with Crippen molar-refractivity contribution in [2.24, 2.45) is 0 Å². The second-order valence-electron chi connectivity index (χ2n) is 4.45. The van der Waals surface area contributed by atoms with E-state index >= 15 is 0 Å². The maximum atomic E-state index is 12.1. The zero-order chi connectivity index (χ0) is 15.4. The number of halogens is 1. The van der Waals surface area contributed by atoms with Crippen molar-refractivity contribution in [3.63, 3.8) is 0 Å². The van der Waals surface area contributed by atoms with Gasteiger partial charge in [0.15, 0.2) is 5.16 Å². The molecule has 5 nitrogen and oxygen atoms in total. The molecule has 0 aliphatic rings. The second-order valence-corrected chi connectivity index (χ2v) is 6.19. The molecule has 0 bridgehead atoms. The molecule has 1 aromatic carbocycles. The Balaban J connectivity index is 2.02. The standard InChI is InChI=1S/C14H14ClN3O2S/c1-8-3-4-10(7-11(8)15)17-13(20)9(2)21-14-16-6-5-12(19)18-14/h3-7,9H,1-2H3,(H,17,20)(H,16,18,19)/t9-/m0/s1. The summed E-state index contributed by atoms with van der Waals surface area (Å²) in [7, 11) is 0. The molecule has 0 aliphatic carbocycles. The Morgan fingerprint density at radius 1 is 1.43 bits per heavy atom. The fourth-order valence-electron chi connectivity index (χ4n) is 1.55. The number of hydrogen-bond donors (Lipinski definition) is 2. The van der Waals surface area contributed by atoms with Crippen molar-refractivity contribution >= 4 is 35.0 Å². The molecule has 0 aliphatic heterocycles. The van der Waals surface area contributed by atoms with Crippen LogP contribution in [-0.4, -0.2) is 21.1 Å². The van der Waals surface area contributed by atoms with Crippen LogP contribution in [0.4, 0.5) is 5.69 Å². The van der Waals surface area contributed by atoms with Crippen molar-refractivity contribution in [2.75, 3.05) is 5.32 Å². The molecular formula is C14H14ClN3O2S. The van der Waals surface area contributed by atoms with Crippen molar-refractivity contribution in [1.82, 2.24) is 9.97 Å². The number of benzene rings is 1. The lowest BCUT2D eigenvalue weighted by atomic mass is 10.2. The first-order valence-corrected chi connectivity index (χ1v) is 7.50. The van der Waals surface area contributed by atoms with E-state index in [9.17, 15) is 9.59 Å². The normalized spacial score (nSPS) is 12.0. The summed E-state index contributed by atoms with van der Waals surface area (Å²) < 4.78 is 0. The molecule has 110 valence electrons. The van der Waals surface area contributed by atoms with Gasteiger partial charge in [-0.05, 0) is 31.5 Å². The lowest BCUT2D eigenvalue weighted by Crippen LogP contribution is -2.23. The van der Waals surface area contributed by atoms with Gasteiger partial charge in [0, 0.05) is 23.0 Å². The summed E-state index contributed by atoms with van der Waals surface area (Å²) in [5.41, 5.74) is 1.34. The van der Waals surface area contributed by atoms with Crippen LogP contribution in [0.25, 0.3) is 0 Å². The topological polar surface area (TPSA) is 74.8 Å². The second kappa shape index (κ2) is 6.78. The predicted molar refractivity (Wildman–Crippen MR) is 85.0 cm³/mol. The van der Waals surface area contributed by atoms with E-state index in [2.05, 4.69) is 15.3 Å². The molecule has 1 aromatic heterocycles. The molecule has 2 rings (SSSR count). The predicted octanol–water partition coefficient (Wildman–Crippen LogP) is 2.85. The van der Waals surface area contributed by atoms with Gasteiger partial charge in [0.2, 0.25) is 5.91 Å². The first kappa shape index (κ1) is 15.6. The van der Waals surface area contributed by atoms with Crippen LogP contribution in [-0.2, 0) is 4.79 Å². The SMILES string of the molecule is Cc1ccc(NC(=O)[C@H](C)Sc2nccc(=O)[nH]2)cc1Cl. The number of aryl methyl sites for hydroxylation is 1. The van der Waals surface area contributed by atoms with Gasteiger partial charge in [0.05, 0.1) is 5.25 Å². The quantitative estimate of drug-likeness (QED) is 0.670. The maximum absolute atomic E-state index is 12.1. The van der Waals surface area contributed by atoms with Crippen LogP contribution in [0.1, 0.15) is 12.5 Å². The molecule has 1 atom stereocenters. The molecule has 0 saturated carbocycles. The number of nitrogens with one attached hydrogen (secondary N) is 2. The number of H-pyrrole nitrogens is 1. The Kier molecular flexibility index (Phi) is 5.03. The van der Waals surface area contributed by atoms with E-state index in [0.717, 1.165) is 5.56 Å². The fourth-order valence-corrected chi connectivity index (χ4v) is 2.51. The van der Waals surface area contributed by atoms with E-state index in [1.807, 2.05) is 13.0 Å². The van der Waals surface area contributed by atoms with Gasteiger partial charge in [-0.2, -0.15) is 0 Å². The number of carbonyl (C=O) groups is 1. The van der Waals surface area contributed by atoms with E-state index in [1.165, 1.54) is 24.0 Å². The first-order chi connectivity index (χ1) is 9.95. The number of aromatic amines is 1. The number of hydrogen-bond acceptors (Lipinski definition) is 4. The average Bonchev–Trinajstić information content (AvgIpc) is 2.43. The summed E-state index contributed by atoms with van der Waals surface area (Å²) in [4.78, 5) is 29.9. The van der Waals surface area contributed by atoms with Gasteiger partial charge >= 0.3 is 0 Å². The number of amides is 1. The Morgan fingerprint density at radius 3 is 2.86 bits per heavy atom. The monoisotopic (exact) mass is 323 g/mol. The Labute approximate surface area is 131 Å². The highest BCUT2D eigenvalue weighted by atomic mass is 35.5. The van der Waals surface area contributed by atoms with Crippen molar-refractivity contribution in [3.8, 4) is 0 Å². The molecule has 2 aromatic rings. The first-order valence-electron chi connectivity index (χ1n) is 6.24. The summed E-state index contributed by atoms with van der Waals surface area (Å²) in [6.07, 6.45) is 1.41. The number of carbonyl (C=O) groups excluding carboxylic acids is 1. The van der Waals surface area contributed by atoms with Crippen molar-refractivity contribution in [1.29, 1.82) is 0 Å². The number of thioether (sulfide) groups is 1. The van der Waals surface area contributed by atoms with Crippen molar-refractivity contribution < 1.29 is 4.79 Å². The van der Waals surface area contributed by atoms with Gasteiger partial charge in [-0.3, -0.25) is 9.59 Å². The molecule has 0 fully saturated rings. The highest BCUT2D eigenvalue weighted by molar-refractivity contribution is 8.00. The van der Waals surface area contributed by atoms with Crippen LogP contribution in [0.5, 0.6) is 0 Å². The molecule has 7 heteroatoms. The van der Waals surface area contributed by atoms with Crippen LogP contribution in [0.15, 0.2) is 40.4 Å². The molecule has 2 N–H and O–H groups in total. The summed E-state index contributed by atoms with van der Waals surface area (Å²) in [6, 6.07) is 6.66. The molecule has 1 amide bonds. The van der Waals surface area contributed by atoms with Gasteiger partial charge in [0.25, 0.3) is 5.56 Å². The number of rotatable bonds is 4. The van der Waals surface area contributed by atoms with Gasteiger partial charge in [-0.15, -0.1) is 0 Å². The average molecular weight is 324 g/mol. The molecule has 0 spiro atoms. The summed E-state index contributed by atoms with van der Waals surface area (Å²) in [6.45, 7) is 3.63. The molecule has 0 radical (unpaired) electrons. The Bertz CT molecular complexity index is 717. The summed E-state index contributed by atoms with van der Waals surface area (Å²) >= 11 is 7.20. The molecule has 0 saturated heterocycles. The lowest BCUT2D eigenvalue weighted by Gasteiger charge is -2.11. The van der Waals surface area contributed by atoms with Crippen LogP contribution in [0.2, 0.25) is 5.02 Å². The highest BCUT2D eigenvalue weighted by Gasteiger charge is 2.16. The minimum Gasteiger partial charge on any atom is -0.325 e. The lowest BCUT2D eigenvalue weighted by molar-refractivity contribution is -0.115. The largest absolute Gasteiger partial charge is 0.325 e. The van der Waals surface area contributed by atoms with Gasteiger partial charge in [0.1, 0.15) is 0 Å². The van der Waals surface area contributed by atoms with Crippen molar-refractivity contribution in [3.05, 3.63) is 51.4 Å². The van der Waals surface area contributed by atoms with Gasteiger partial charge in [-0.1, -0.05) is 29.4 Å². The smallest absolute Gasteiger partial charge is 0.251 e. The fraction of sp³-hybridized carbons (Fsp3) is 0.214. The highest BCUT2D eigenvalue weighted by Crippen LogP contribution is 2.22. The van der Waals surface area contributed by atoms with E-state index < -0.39 is 5.25 Å². The molecule has 1 heterocycles. The zero-order valence-electron chi connectivity index (χ0n) is 11.5. The van der Waals surface area contributed by atoms with E-state index in [-0.39, 0.29) is 11.5 Å². The summed E-state index contributed by atoms with van der Waals surface area (Å²) in [5.74, 6) is -0.188. The van der Waals surface area contributed by atoms with E-state index in [4.69, 9.17) is 11.6 Å². The van der Waals surface area contributed by atoms with Crippen LogP contribution >= 0.6 is 23.4 Å². The maximum Gasteiger partial charge on any atom is 0.251 e. The molecular weight excluding hydrogens is 310 g/mol. The third-order valence-corrected chi connectivity index (χ3v) is 4.15.